The third kappa shape index (κ3) is 3.01. The van der Waals surface area contributed by atoms with Crippen LogP contribution < -0.4 is 5.73 Å². The van der Waals surface area contributed by atoms with Gasteiger partial charge in [0.05, 0.1) is 10.0 Å². The molecule has 0 aliphatic rings. The number of carbonyl (C=O) groups excluding carboxylic acids is 1. The number of hydrogen-bond acceptors (Lipinski definition) is 3. The number of nitrogens with two attached hydrogens (primary N) is 1. The first-order valence-electron chi connectivity index (χ1n) is 4.51. The van der Waals surface area contributed by atoms with E-state index in [0.29, 0.717) is 10.6 Å². The molecule has 4 nitrogen and oxygen atoms in total. The highest BCUT2D eigenvalue weighted by Gasteiger charge is 2.22. The molecule has 88 valence electrons. The Morgan fingerprint density at radius 1 is 1.50 bits per heavy atom. The molecule has 0 heterocycles. The number of amides is 1. The summed E-state index contributed by atoms with van der Waals surface area (Å²) in [6, 6.07) is 4.84. The van der Waals surface area contributed by atoms with Crippen molar-refractivity contribution in [3.05, 3.63) is 33.8 Å². The SMILES string of the molecule is CC(OC(N)=O)C(O)c1cccc(Cl)c1Cl. The molecule has 0 saturated heterocycles. The fourth-order valence-corrected chi connectivity index (χ4v) is 1.67. The Morgan fingerprint density at radius 2 is 2.12 bits per heavy atom. The van der Waals surface area contributed by atoms with E-state index in [-0.39, 0.29) is 5.02 Å². The number of rotatable bonds is 3. The van der Waals surface area contributed by atoms with Crippen molar-refractivity contribution < 1.29 is 14.6 Å². The standard InChI is InChI=1S/C10H11Cl2NO3/c1-5(16-10(13)15)9(14)6-3-2-4-7(11)8(6)12/h2-5,9,14H,1H3,(H2,13,15). The predicted octanol–water partition coefficient (Wildman–Crippen LogP) is 2.51. The summed E-state index contributed by atoms with van der Waals surface area (Å²) in [5, 5.41) is 10.4. The van der Waals surface area contributed by atoms with Gasteiger partial charge in [-0.05, 0) is 13.0 Å². The molecule has 3 N–H and O–H groups in total. The minimum Gasteiger partial charge on any atom is -0.444 e. The van der Waals surface area contributed by atoms with Gasteiger partial charge in [0.25, 0.3) is 0 Å². The summed E-state index contributed by atoms with van der Waals surface area (Å²) in [5.74, 6) is 0. The summed E-state index contributed by atoms with van der Waals surface area (Å²) in [4.78, 5) is 10.5. The summed E-state index contributed by atoms with van der Waals surface area (Å²) in [5.41, 5.74) is 5.24. The highest BCUT2D eigenvalue weighted by atomic mass is 35.5. The maximum atomic E-state index is 10.5. The number of ether oxygens (including phenoxy) is 1. The Hall–Kier alpha value is -0.970. The van der Waals surface area contributed by atoms with Crippen LogP contribution in [0, 0.1) is 0 Å². The molecule has 16 heavy (non-hydrogen) atoms. The molecular formula is C10H11Cl2NO3. The van der Waals surface area contributed by atoms with Crippen LogP contribution in [0.3, 0.4) is 0 Å². The van der Waals surface area contributed by atoms with Gasteiger partial charge < -0.3 is 15.6 Å². The zero-order valence-electron chi connectivity index (χ0n) is 8.48. The summed E-state index contributed by atoms with van der Waals surface area (Å²) in [6.45, 7) is 1.51. The number of aliphatic hydroxyl groups is 1. The van der Waals surface area contributed by atoms with E-state index in [1.165, 1.54) is 6.92 Å². The monoisotopic (exact) mass is 263 g/mol. The zero-order chi connectivity index (χ0) is 12.3. The lowest BCUT2D eigenvalue weighted by Gasteiger charge is -2.19. The van der Waals surface area contributed by atoms with Crippen LogP contribution in [0.2, 0.25) is 10.0 Å². The smallest absolute Gasteiger partial charge is 0.404 e. The van der Waals surface area contributed by atoms with E-state index in [1.807, 2.05) is 0 Å². The first-order valence-corrected chi connectivity index (χ1v) is 5.27. The summed E-state index contributed by atoms with van der Waals surface area (Å²) in [7, 11) is 0. The van der Waals surface area contributed by atoms with E-state index in [4.69, 9.17) is 28.9 Å². The van der Waals surface area contributed by atoms with Gasteiger partial charge in [-0.2, -0.15) is 0 Å². The fourth-order valence-electron chi connectivity index (χ4n) is 1.25. The molecule has 1 aromatic rings. The van der Waals surface area contributed by atoms with Gasteiger partial charge >= 0.3 is 6.09 Å². The van der Waals surface area contributed by atoms with Crippen LogP contribution in [0.15, 0.2) is 18.2 Å². The molecule has 0 bridgehead atoms. The summed E-state index contributed by atoms with van der Waals surface area (Å²) >= 11 is 11.7. The molecule has 6 heteroatoms. The maximum Gasteiger partial charge on any atom is 0.404 e. The Kier molecular flexibility index (Phi) is 4.41. The van der Waals surface area contributed by atoms with Gasteiger partial charge in [-0.25, -0.2) is 4.79 Å². The summed E-state index contributed by atoms with van der Waals surface area (Å²) in [6.07, 6.45) is -2.82. The maximum absolute atomic E-state index is 10.5. The van der Waals surface area contributed by atoms with Gasteiger partial charge in [0.15, 0.2) is 0 Å². The molecule has 0 fully saturated rings. The van der Waals surface area contributed by atoms with E-state index in [1.54, 1.807) is 18.2 Å². The number of hydrogen-bond donors (Lipinski definition) is 2. The van der Waals surface area contributed by atoms with Crippen molar-refractivity contribution in [1.82, 2.24) is 0 Å². The lowest BCUT2D eigenvalue weighted by atomic mass is 10.1. The van der Waals surface area contributed by atoms with Gasteiger partial charge in [-0.1, -0.05) is 35.3 Å². The van der Waals surface area contributed by atoms with Crippen molar-refractivity contribution in [1.29, 1.82) is 0 Å². The van der Waals surface area contributed by atoms with Crippen LogP contribution in [0.4, 0.5) is 4.79 Å². The van der Waals surface area contributed by atoms with Crippen molar-refractivity contribution >= 4 is 29.3 Å². The first-order chi connectivity index (χ1) is 7.43. The first kappa shape index (κ1) is 13.1. The Balaban J connectivity index is 2.91. The molecule has 0 saturated carbocycles. The van der Waals surface area contributed by atoms with Gasteiger partial charge in [0, 0.05) is 5.56 Å². The number of benzene rings is 1. The second-order valence-electron chi connectivity index (χ2n) is 3.23. The quantitative estimate of drug-likeness (QED) is 0.880. The molecule has 0 aliphatic carbocycles. The molecule has 1 aromatic carbocycles. The second kappa shape index (κ2) is 5.39. The normalized spacial score (nSPS) is 14.2. The van der Waals surface area contributed by atoms with E-state index in [9.17, 15) is 9.90 Å². The van der Waals surface area contributed by atoms with Crippen LogP contribution in [0.1, 0.15) is 18.6 Å². The largest absolute Gasteiger partial charge is 0.444 e. The average molecular weight is 264 g/mol. The number of halogens is 2. The number of aliphatic hydroxyl groups excluding tert-OH is 1. The molecule has 2 unspecified atom stereocenters. The Bertz CT molecular complexity index is 398. The highest BCUT2D eigenvalue weighted by molar-refractivity contribution is 6.42. The van der Waals surface area contributed by atoms with Crippen LogP contribution in [-0.4, -0.2) is 17.3 Å². The van der Waals surface area contributed by atoms with Gasteiger partial charge in [0.2, 0.25) is 0 Å². The fraction of sp³-hybridized carbons (Fsp3) is 0.300. The molecule has 1 rings (SSSR count). The molecule has 0 spiro atoms. The molecule has 0 radical (unpaired) electrons. The molecule has 0 aliphatic heterocycles. The Labute approximate surface area is 103 Å². The van der Waals surface area contributed by atoms with E-state index < -0.39 is 18.3 Å². The van der Waals surface area contributed by atoms with E-state index in [0.717, 1.165) is 0 Å². The van der Waals surface area contributed by atoms with Crippen molar-refractivity contribution in [3.63, 3.8) is 0 Å². The van der Waals surface area contributed by atoms with E-state index in [2.05, 4.69) is 4.74 Å². The topological polar surface area (TPSA) is 72.5 Å². The van der Waals surface area contributed by atoms with Crippen LogP contribution >= 0.6 is 23.2 Å². The third-order valence-corrected chi connectivity index (χ3v) is 2.88. The Morgan fingerprint density at radius 3 is 2.69 bits per heavy atom. The number of carbonyl (C=O) groups is 1. The minimum atomic E-state index is -1.07. The minimum absolute atomic E-state index is 0.233. The molecule has 0 aromatic heterocycles. The zero-order valence-corrected chi connectivity index (χ0v) is 10.00. The van der Waals surface area contributed by atoms with Crippen LogP contribution in [-0.2, 0) is 4.74 Å². The van der Waals surface area contributed by atoms with Crippen molar-refractivity contribution in [2.45, 2.75) is 19.1 Å². The number of primary amides is 1. The van der Waals surface area contributed by atoms with Crippen molar-refractivity contribution in [2.75, 3.05) is 0 Å². The second-order valence-corrected chi connectivity index (χ2v) is 4.02. The highest BCUT2D eigenvalue weighted by Crippen LogP contribution is 2.31. The summed E-state index contributed by atoms with van der Waals surface area (Å²) < 4.78 is 4.65. The third-order valence-electron chi connectivity index (χ3n) is 2.05. The van der Waals surface area contributed by atoms with Crippen molar-refractivity contribution in [2.24, 2.45) is 5.73 Å². The average Bonchev–Trinajstić information content (AvgIpc) is 2.20. The van der Waals surface area contributed by atoms with E-state index >= 15 is 0 Å². The van der Waals surface area contributed by atoms with Crippen LogP contribution in [0.25, 0.3) is 0 Å². The molecule has 2 atom stereocenters. The van der Waals surface area contributed by atoms with Crippen molar-refractivity contribution in [3.8, 4) is 0 Å². The molecule has 1 amide bonds. The van der Waals surface area contributed by atoms with Gasteiger partial charge in [-0.3, -0.25) is 0 Å². The van der Waals surface area contributed by atoms with Gasteiger partial charge in [0.1, 0.15) is 12.2 Å². The van der Waals surface area contributed by atoms with Gasteiger partial charge in [-0.15, -0.1) is 0 Å². The molecular weight excluding hydrogens is 253 g/mol. The predicted molar refractivity (Wildman–Crippen MR) is 61.6 cm³/mol. The van der Waals surface area contributed by atoms with Crippen LogP contribution in [0.5, 0.6) is 0 Å². The lowest BCUT2D eigenvalue weighted by molar-refractivity contribution is 0.0158. The lowest BCUT2D eigenvalue weighted by Crippen LogP contribution is -2.26.